The Hall–Kier alpha value is -1.59. The van der Waals surface area contributed by atoms with Crippen LogP contribution in [0.15, 0.2) is 0 Å². The van der Waals surface area contributed by atoms with E-state index in [1.54, 1.807) is 16.7 Å². The van der Waals surface area contributed by atoms with E-state index in [4.69, 9.17) is 4.74 Å². The zero-order valence-corrected chi connectivity index (χ0v) is 12.8. The van der Waals surface area contributed by atoms with Crippen molar-refractivity contribution in [3.63, 3.8) is 0 Å². The minimum atomic E-state index is -0.235. The summed E-state index contributed by atoms with van der Waals surface area (Å²) < 4.78 is 4.78. The van der Waals surface area contributed by atoms with Gasteiger partial charge in [0, 0.05) is 33.1 Å². The van der Waals surface area contributed by atoms with Crippen LogP contribution in [0.25, 0.3) is 0 Å². The van der Waals surface area contributed by atoms with Gasteiger partial charge in [-0.1, -0.05) is 0 Å². The Morgan fingerprint density at radius 3 is 2.14 bits per heavy atom. The number of nitrogens with zero attached hydrogens (tertiary/aromatic N) is 2. The first-order valence-electron chi connectivity index (χ1n) is 7.65. The van der Waals surface area contributed by atoms with Gasteiger partial charge in [0.25, 0.3) is 0 Å². The highest BCUT2D eigenvalue weighted by atomic mass is 16.5. The third-order valence-corrected chi connectivity index (χ3v) is 4.48. The molecule has 0 bridgehead atoms. The fourth-order valence-electron chi connectivity index (χ4n) is 3.26. The van der Waals surface area contributed by atoms with Crippen molar-refractivity contribution in [3.05, 3.63) is 0 Å². The predicted octanol–water partition coefficient (Wildman–Crippen LogP) is 0.656. The molecule has 2 aliphatic heterocycles. The Labute approximate surface area is 125 Å². The van der Waals surface area contributed by atoms with Gasteiger partial charge in [-0.25, -0.2) is 0 Å². The molecule has 2 rings (SSSR count). The van der Waals surface area contributed by atoms with Crippen LogP contribution >= 0.6 is 0 Å². The van der Waals surface area contributed by atoms with E-state index in [9.17, 15) is 14.4 Å². The predicted molar refractivity (Wildman–Crippen MR) is 76.3 cm³/mol. The summed E-state index contributed by atoms with van der Waals surface area (Å²) in [5.41, 5.74) is 0. The van der Waals surface area contributed by atoms with Crippen LogP contribution in [0.2, 0.25) is 0 Å². The molecule has 21 heavy (non-hydrogen) atoms. The van der Waals surface area contributed by atoms with E-state index in [1.165, 1.54) is 7.11 Å². The summed E-state index contributed by atoms with van der Waals surface area (Å²) in [7, 11) is 1.38. The van der Waals surface area contributed by atoms with Crippen molar-refractivity contribution in [1.29, 1.82) is 0 Å². The fourth-order valence-corrected chi connectivity index (χ4v) is 3.26. The van der Waals surface area contributed by atoms with Gasteiger partial charge in [0.05, 0.1) is 18.9 Å². The number of ether oxygens (including phenoxy) is 1. The number of likely N-dealkylation sites (tertiary alicyclic amines) is 2. The Bertz CT molecular complexity index is 424. The molecular weight excluding hydrogens is 272 g/mol. The number of piperidine rings is 2. The van der Waals surface area contributed by atoms with Gasteiger partial charge in [0.1, 0.15) is 0 Å². The minimum Gasteiger partial charge on any atom is -0.469 e. The zero-order valence-electron chi connectivity index (χ0n) is 12.8. The summed E-state index contributed by atoms with van der Waals surface area (Å²) in [5.74, 6) is -0.464. The van der Waals surface area contributed by atoms with Gasteiger partial charge in [0.2, 0.25) is 11.8 Å². The maximum absolute atomic E-state index is 12.6. The van der Waals surface area contributed by atoms with Crippen LogP contribution in [0.1, 0.15) is 32.6 Å². The summed E-state index contributed by atoms with van der Waals surface area (Å²) in [6, 6.07) is 0. The van der Waals surface area contributed by atoms with Crippen LogP contribution in [-0.2, 0) is 19.1 Å². The average Bonchev–Trinajstić information content (AvgIpc) is 2.53. The molecule has 2 saturated heterocycles. The molecule has 0 spiro atoms. The molecular formula is C15H24N2O4. The lowest BCUT2D eigenvalue weighted by atomic mass is 9.93. The molecule has 2 atom stereocenters. The number of hydrogen-bond donors (Lipinski definition) is 0. The summed E-state index contributed by atoms with van der Waals surface area (Å²) in [6.45, 7) is 3.93. The first kappa shape index (κ1) is 15.8. The first-order valence-corrected chi connectivity index (χ1v) is 7.65. The van der Waals surface area contributed by atoms with E-state index in [0.29, 0.717) is 19.6 Å². The van der Waals surface area contributed by atoms with E-state index in [2.05, 4.69) is 0 Å². The Balaban J connectivity index is 1.95. The lowest BCUT2D eigenvalue weighted by Crippen LogP contribution is -2.49. The topological polar surface area (TPSA) is 66.9 Å². The highest BCUT2D eigenvalue weighted by Crippen LogP contribution is 2.23. The van der Waals surface area contributed by atoms with Crippen LogP contribution in [0.4, 0.5) is 0 Å². The smallest absolute Gasteiger partial charge is 0.310 e. The second-order valence-corrected chi connectivity index (χ2v) is 5.95. The average molecular weight is 296 g/mol. The molecule has 0 aromatic heterocycles. The van der Waals surface area contributed by atoms with E-state index in [0.717, 1.165) is 32.2 Å². The standard InChI is InChI=1S/C15H24N2O4/c1-11(18)16-7-3-5-12(9-16)14(19)17-8-4-6-13(10-17)15(20)21-2/h12-13H,3-10H2,1-2H3. The van der Waals surface area contributed by atoms with Gasteiger partial charge < -0.3 is 14.5 Å². The monoisotopic (exact) mass is 296 g/mol. The Kier molecular flexibility index (Phi) is 5.20. The Morgan fingerprint density at radius 2 is 1.52 bits per heavy atom. The molecule has 0 radical (unpaired) electrons. The molecule has 118 valence electrons. The number of methoxy groups -OCH3 is 1. The van der Waals surface area contributed by atoms with Crippen molar-refractivity contribution in [2.24, 2.45) is 11.8 Å². The van der Waals surface area contributed by atoms with Gasteiger partial charge in [-0.15, -0.1) is 0 Å². The van der Waals surface area contributed by atoms with Crippen molar-refractivity contribution >= 4 is 17.8 Å². The first-order chi connectivity index (χ1) is 10.0. The van der Waals surface area contributed by atoms with Gasteiger partial charge in [-0.3, -0.25) is 14.4 Å². The van der Waals surface area contributed by atoms with Crippen LogP contribution in [0.5, 0.6) is 0 Å². The Morgan fingerprint density at radius 1 is 0.952 bits per heavy atom. The van der Waals surface area contributed by atoms with Crippen molar-refractivity contribution in [2.75, 3.05) is 33.3 Å². The van der Waals surface area contributed by atoms with E-state index in [1.807, 2.05) is 0 Å². The lowest BCUT2D eigenvalue weighted by Gasteiger charge is -2.37. The van der Waals surface area contributed by atoms with E-state index >= 15 is 0 Å². The second-order valence-electron chi connectivity index (χ2n) is 5.95. The molecule has 2 amide bonds. The van der Waals surface area contributed by atoms with Crippen molar-refractivity contribution < 1.29 is 19.1 Å². The maximum Gasteiger partial charge on any atom is 0.310 e. The van der Waals surface area contributed by atoms with Crippen LogP contribution < -0.4 is 0 Å². The van der Waals surface area contributed by atoms with Crippen LogP contribution in [0.3, 0.4) is 0 Å². The molecule has 0 N–H and O–H groups in total. The highest BCUT2D eigenvalue weighted by molar-refractivity contribution is 5.82. The van der Waals surface area contributed by atoms with Gasteiger partial charge >= 0.3 is 5.97 Å². The quantitative estimate of drug-likeness (QED) is 0.702. The highest BCUT2D eigenvalue weighted by Gasteiger charge is 2.34. The minimum absolute atomic E-state index is 0.0265. The molecule has 6 nitrogen and oxygen atoms in total. The molecule has 2 heterocycles. The van der Waals surface area contributed by atoms with E-state index < -0.39 is 0 Å². The zero-order chi connectivity index (χ0) is 15.4. The largest absolute Gasteiger partial charge is 0.469 e. The number of carbonyl (C=O) groups excluding carboxylic acids is 3. The maximum atomic E-state index is 12.6. The van der Waals surface area contributed by atoms with Gasteiger partial charge in [-0.05, 0) is 25.7 Å². The SMILES string of the molecule is COC(=O)C1CCCN(C(=O)C2CCCN(C(C)=O)C2)C1. The normalized spacial score (nSPS) is 26.4. The van der Waals surface area contributed by atoms with E-state index in [-0.39, 0.29) is 29.6 Å². The number of rotatable bonds is 2. The van der Waals surface area contributed by atoms with Crippen LogP contribution in [0, 0.1) is 11.8 Å². The second kappa shape index (κ2) is 6.91. The summed E-state index contributed by atoms with van der Waals surface area (Å²) in [6.07, 6.45) is 3.29. The van der Waals surface area contributed by atoms with Crippen LogP contribution in [-0.4, -0.2) is 60.9 Å². The fraction of sp³-hybridized carbons (Fsp3) is 0.800. The molecule has 2 unspecified atom stereocenters. The molecule has 0 saturated carbocycles. The van der Waals surface area contributed by atoms with Crippen molar-refractivity contribution in [1.82, 2.24) is 9.80 Å². The van der Waals surface area contributed by atoms with Gasteiger partial charge in [0.15, 0.2) is 0 Å². The number of amides is 2. The molecule has 2 aliphatic rings. The number of esters is 1. The number of carbonyl (C=O) groups is 3. The summed E-state index contributed by atoms with van der Waals surface area (Å²) in [4.78, 5) is 39.2. The molecule has 0 aromatic rings. The third-order valence-electron chi connectivity index (χ3n) is 4.48. The van der Waals surface area contributed by atoms with Crippen molar-refractivity contribution in [3.8, 4) is 0 Å². The molecule has 0 aromatic carbocycles. The lowest BCUT2D eigenvalue weighted by molar-refractivity contribution is -0.150. The molecule has 0 aliphatic carbocycles. The van der Waals surface area contributed by atoms with Crippen molar-refractivity contribution in [2.45, 2.75) is 32.6 Å². The summed E-state index contributed by atoms with van der Waals surface area (Å²) >= 11 is 0. The number of hydrogen-bond acceptors (Lipinski definition) is 4. The molecule has 6 heteroatoms. The molecule has 2 fully saturated rings. The van der Waals surface area contributed by atoms with Gasteiger partial charge in [-0.2, -0.15) is 0 Å². The third kappa shape index (κ3) is 3.74. The summed E-state index contributed by atoms with van der Waals surface area (Å²) in [5, 5.41) is 0.